The minimum absolute atomic E-state index is 0.589. The highest BCUT2D eigenvalue weighted by Crippen LogP contribution is 2.41. The van der Waals surface area contributed by atoms with Gasteiger partial charge in [-0.3, -0.25) is 0 Å². The molecule has 2 heteroatoms. The number of aliphatic hydroxyl groups is 1. The van der Waals surface area contributed by atoms with Crippen LogP contribution in [-0.4, -0.2) is 12.2 Å². The Kier molecular flexibility index (Phi) is 3.26. The van der Waals surface area contributed by atoms with Crippen LogP contribution in [0.1, 0.15) is 41.6 Å². The van der Waals surface area contributed by atoms with Crippen molar-refractivity contribution in [1.82, 2.24) is 0 Å². The molecule has 98 valence electrons. The predicted molar refractivity (Wildman–Crippen MR) is 75.5 cm³/mol. The molecular formula is C17H18O2. The summed E-state index contributed by atoms with van der Waals surface area (Å²) in [6.45, 7) is 0. The van der Waals surface area contributed by atoms with E-state index in [0.29, 0.717) is 5.92 Å². The molecule has 1 fully saturated rings. The lowest BCUT2D eigenvalue weighted by Crippen LogP contribution is -2.00. The van der Waals surface area contributed by atoms with Gasteiger partial charge >= 0.3 is 0 Å². The Morgan fingerprint density at radius 1 is 1.05 bits per heavy atom. The molecule has 0 aliphatic heterocycles. The molecule has 19 heavy (non-hydrogen) atoms. The van der Waals surface area contributed by atoms with Crippen LogP contribution < -0.4 is 4.74 Å². The molecule has 2 nitrogen and oxygen atoms in total. The van der Waals surface area contributed by atoms with E-state index in [9.17, 15) is 5.11 Å². The maximum atomic E-state index is 10.5. The Hall–Kier alpha value is -1.80. The fourth-order valence-corrected chi connectivity index (χ4v) is 2.40. The van der Waals surface area contributed by atoms with Crippen LogP contribution in [0.2, 0.25) is 0 Å². The lowest BCUT2D eigenvalue weighted by Gasteiger charge is -2.13. The van der Waals surface area contributed by atoms with Gasteiger partial charge in [-0.2, -0.15) is 0 Å². The average Bonchev–Trinajstić information content (AvgIpc) is 3.31. The first kappa shape index (κ1) is 12.2. The normalized spacial score (nSPS) is 16.1. The summed E-state index contributed by atoms with van der Waals surface area (Å²) < 4.78 is 5.20. The third kappa shape index (κ3) is 2.64. The molecule has 0 spiro atoms. The Bertz CT molecular complexity index is 573. The topological polar surface area (TPSA) is 29.5 Å². The minimum Gasteiger partial charge on any atom is -0.497 e. The van der Waals surface area contributed by atoms with Crippen LogP contribution in [-0.2, 0) is 0 Å². The molecule has 0 amide bonds. The molecule has 0 heterocycles. The van der Waals surface area contributed by atoms with Crippen LogP contribution in [0.5, 0.6) is 5.75 Å². The highest BCUT2D eigenvalue weighted by Gasteiger charge is 2.24. The van der Waals surface area contributed by atoms with Gasteiger partial charge in [0.15, 0.2) is 0 Å². The standard InChI is InChI=1S/C17H18O2/c1-19-16-7-3-6-15(11-16)17(18)14-5-2-4-13(10-14)12-8-9-12/h2-7,10-12,17-18H,8-9H2,1H3. The van der Waals surface area contributed by atoms with Gasteiger partial charge in [0.1, 0.15) is 11.9 Å². The molecule has 0 radical (unpaired) electrons. The summed E-state index contributed by atoms with van der Waals surface area (Å²) in [4.78, 5) is 0. The van der Waals surface area contributed by atoms with Crippen molar-refractivity contribution in [2.24, 2.45) is 0 Å². The number of aliphatic hydroxyl groups excluding tert-OH is 1. The second-order valence-corrected chi connectivity index (χ2v) is 5.12. The number of ether oxygens (including phenoxy) is 1. The summed E-state index contributed by atoms with van der Waals surface area (Å²) in [7, 11) is 1.64. The molecule has 3 rings (SSSR count). The fraction of sp³-hybridized carbons (Fsp3) is 0.294. The highest BCUT2D eigenvalue weighted by atomic mass is 16.5. The molecule has 1 saturated carbocycles. The van der Waals surface area contributed by atoms with Crippen molar-refractivity contribution in [3.8, 4) is 5.75 Å². The number of rotatable bonds is 4. The van der Waals surface area contributed by atoms with Gasteiger partial charge in [-0.1, -0.05) is 36.4 Å². The Morgan fingerprint density at radius 2 is 1.74 bits per heavy atom. The highest BCUT2D eigenvalue weighted by molar-refractivity contribution is 5.38. The largest absolute Gasteiger partial charge is 0.497 e. The maximum Gasteiger partial charge on any atom is 0.119 e. The Balaban J connectivity index is 1.89. The van der Waals surface area contributed by atoms with E-state index in [1.807, 2.05) is 36.4 Å². The number of hydrogen-bond donors (Lipinski definition) is 1. The van der Waals surface area contributed by atoms with Gasteiger partial charge < -0.3 is 9.84 Å². The Labute approximate surface area is 113 Å². The zero-order valence-corrected chi connectivity index (χ0v) is 11.0. The van der Waals surface area contributed by atoms with Crippen molar-refractivity contribution in [3.05, 3.63) is 65.2 Å². The van der Waals surface area contributed by atoms with E-state index in [1.165, 1.54) is 18.4 Å². The maximum absolute atomic E-state index is 10.5. The summed E-state index contributed by atoms with van der Waals surface area (Å²) in [5.74, 6) is 1.48. The predicted octanol–water partition coefficient (Wildman–Crippen LogP) is 3.65. The van der Waals surface area contributed by atoms with Gasteiger partial charge in [0.2, 0.25) is 0 Å². The van der Waals surface area contributed by atoms with Gasteiger partial charge in [0, 0.05) is 0 Å². The summed E-state index contributed by atoms with van der Waals surface area (Å²) in [6, 6.07) is 15.9. The Morgan fingerprint density at radius 3 is 2.42 bits per heavy atom. The summed E-state index contributed by atoms with van der Waals surface area (Å²) in [5.41, 5.74) is 3.17. The summed E-state index contributed by atoms with van der Waals surface area (Å²) >= 11 is 0. The monoisotopic (exact) mass is 254 g/mol. The fourth-order valence-electron chi connectivity index (χ4n) is 2.40. The van der Waals surface area contributed by atoms with E-state index in [0.717, 1.165) is 16.9 Å². The van der Waals surface area contributed by atoms with Crippen molar-refractivity contribution < 1.29 is 9.84 Å². The molecular weight excluding hydrogens is 236 g/mol. The van der Waals surface area contributed by atoms with Gasteiger partial charge in [-0.15, -0.1) is 0 Å². The lowest BCUT2D eigenvalue weighted by molar-refractivity contribution is 0.219. The van der Waals surface area contributed by atoms with E-state index in [2.05, 4.69) is 12.1 Å². The van der Waals surface area contributed by atoms with Crippen molar-refractivity contribution in [2.75, 3.05) is 7.11 Å². The molecule has 1 atom stereocenters. The number of benzene rings is 2. The molecule has 1 N–H and O–H groups in total. The minimum atomic E-state index is -0.589. The first-order valence-electron chi connectivity index (χ1n) is 6.70. The zero-order chi connectivity index (χ0) is 13.2. The van der Waals surface area contributed by atoms with Crippen LogP contribution in [0.3, 0.4) is 0 Å². The van der Waals surface area contributed by atoms with Gasteiger partial charge in [-0.25, -0.2) is 0 Å². The van der Waals surface area contributed by atoms with E-state index >= 15 is 0 Å². The van der Waals surface area contributed by atoms with Crippen LogP contribution in [0.4, 0.5) is 0 Å². The molecule has 0 aromatic heterocycles. The third-order valence-electron chi connectivity index (χ3n) is 3.68. The molecule has 2 aromatic carbocycles. The van der Waals surface area contributed by atoms with Crippen molar-refractivity contribution >= 4 is 0 Å². The molecule has 0 saturated heterocycles. The second kappa shape index (κ2) is 5.06. The molecule has 0 bridgehead atoms. The molecule has 2 aromatic rings. The average molecular weight is 254 g/mol. The van der Waals surface area contributed by atoms with Gasteiger partial charge in [-0.05, 0) is 47.6 Å². The van der Waals surface area contributed by atoms with E-state index < -0.39 is 6.10 Å². The smallest absolute Gasteiger partial charge is 0.119 e. The second-order valence-electron chi connectivity index (χ2n) is 5.12. The quantitative estimate of drug-likeness (QED) is 0.902. The first-order valence-corrected chi connectivity index (χ1v) is 6.70. The van der Waals surface area contributed by atoms with Crippen LogP contribution in [0, 0.1) is 0 Å². The van der Waals surface area contributed by atoms with E-state index in [4.69, 9.17) is 4.74 Å². The van der Waals surface area contributed by atoms with Crippen molar-refractivity contribution in [3.63, 3.8) is 0 Å². The SMILES string of the molecule is COc1cccc(C(O)c2cccc(C3CC3)c2)c1. The van der Waals surface area contributed by atoms with Crippen LogP contribution in [0.15, 0.2) is 48.5 Å². The van der Waals surface area contributed by atoms with Crippen LogP contribution >= 0.6 is 0 Å². The van der Waals surface area contributed by atoms with Crippen molar-refractivity contribution in [2.45, 2.75) is 24.9 Å². The van der Waals surface area contributed by atoms with Crippen molar-refractivity contribution in [1.29, 1.82) is 0 Å². The van der Waals surface area contributed by atoms with Crippen LogP contribution in [0.25, 0.3) is 0 Å². The summed E-state index contributed by atoms with van der Waals surface area (Å²) in [6.07, 6.45) is 1.96. The van der Waals surface area contributed by atoms with E-state index in [-0.39, 0.29) is 0 Å². The van der Waals surface area contributed by atoms with E-state index in [1.54, 1.807) is 7.11 Å². The molecule has 1 unspecified atom stereocenters. The molecule has 1 aliphatic carbocycles. The molecule has 1 aliphatic rings. The third-order valence-corrected chi connectivity index (χ3v) is 3.68. The number of hydrogen-bond acceptors (Lipinski definition) is 2. The number of methoxy groups -OCH3 is 1. The lowest BCUT2D eigenvalue weighted by atomic mass is 9.98. The first-order chi connectivity index (χ1) is 9.28. The van der Waals surface area contributed by atoms with Gasteiger partial charge in [0.25, 0.3) is 0 Å². The summed E-state index contributed by atoms with van der Waals surface area (Å²) in [5, 5.41) is 10.5. The zero-order valence-electron chi connectivity index (χ0n) is 11.0. The van der Waals surface area contributed by atoms with Gasteiger partial charge in [0.05, 0.1) is 7.11 Å².